The summed E-state index contributed by atoms with van der Waals surface area (Å²) in [4.78, 5) is 44.9. The Labute approximate surface area is 158 Å². The van der Waals surface area contributed by atoms with E-state index in [-0.39, 0.29) is 22.8 Å². The molecule has 1 amide bonds. The molecule has 1 atom stereocenters. The van der Waals surface area contributed by atoms with E-state index >= 15 is 0 Å². The van der Waals surface area contributed by atoms with Crippen molar-refractivity contribution < 1.29 is 34.1 Å². The number of carboxylic acids is 2. The Balaban J connectivity index is 2.04. The van der Waals surface area contributed by atoms with Gasteiger partial charge in [-0.05, 0) is 29.8 Å². The summed E-state index contributed by atoms with van der Waals surface area (Å²) in [5.41, 5.74) is 0.691. The highest BCUT2D eigenvalue weighted by molar-refractivity contribution is 6.33. The summed E-state index contributed by atoms with van der Waals surface area (Å²) in [5.74, 6) is -5.00. The lowest BCUT2D eigenvalue weighted by molar-refractivity contribution is -0.152. The Morgan fingerprint density at radius 1 is 1.00 bits per heavy atom. The lowest BCUT2D eigenvalue weighted by atomic mass is 10.1. The highest BCUT2D eigenvalue weighted by Gasteiger charge is 2.23. The van der Waals surface area contributed by atoms with Crippen LogP contribution in [0.25, 0.3) is 0 Å². The molecule has 0 aromatic heterocycles. The van der Waals surface area contributed by atoms with Gasteiger partial charge in [-0.3, -0.25) is 4.79 Å². The van der Waals surface area contributed by atoms with Gasteiger partial charge in [-0.15, -0.1) is 0 Å². The van der Waals surface area contributed by atoms with Gasteiger partial charge < -0.3 is 20.3 Å². The van der Waals surface area contributed by atoms with Crippen LogP contribution in [0.4, 0.5) is 0 Å². The molecule has 0 saturated carbocycles. The molecule has 2 aromatic carbocycles. The number of aliphatic carboxylic acids is 2. The quantitative estimate of drug-likeness (QED) is 0.388. The van der Waals surface area contributed by atoms with Crippen LogP contribution in [0.3, 0.4) is 0 Å². The minimum atomic E-state index is -1.77. The van der Waals surface area contributed by atoms with Gasteiger partial charge in [0.05, 0.1) is 10.6 Å². The van der Waals surface area contributed by atoms with Gasteiger partial charge >= 0.3 is 23.8 Å². The Hall–Kier alpha value is -3.39. The van der Waals surface area contributed by atoms with E-state index in [1.54, 1.807) is 18.2 Å². The maximum absolute atomic E-state index is 12.1. The highest BCUT2D eigenvalue weighted by Crippen LogP contribution is 2.19. The van der Waals surface area contributed by atoms with E-state index in [0.717, 1.165) is 0 Å². The Kier molecular flexibility index (Phi) is 6.51. The van der Waals surface area contributed by atoms with Crippen molar-refractivity contribution >= 4 is 35.4 Å². The average Bonchev–Trinajstić information content (AvgIpc) is 2.62. The number of esters is 1. The Morgan fingerprint density at radius 2 is 1.63 bits per heavy atom. The summed E-state index contributed by atoms with van der Waals surface area (Å²) < 4.78 is 5.20. The minimum absolute atomic E-state index is 0.146. The van der Waals surface area contributed by atoms with Gasteiger partial charge in [0, 0.05) is 6.42 Å². The van der Waals surface area contributed by atoms with E-state index in [2.05, 4.69) is 0 Å². The zero-order valence-electron chi connectivity index (χ0n) is 13.7. The van der Waals surface area contributed by atoms with Gasteiger partial charge in [-0.1, -0.05) is 35.9 Å². The Bertz CT molecular complexity index is 880. The fourth-order valence-corrected chi connectivity index (χ4v) is 2.35. The molecule has 0 fully saturated rings. The number of carboxylic acid groups (broad SMARTS) is 2. The van der Waals surface area contributed by atoms with Crippen LogP contribution in [-0.4, -0.2) is 40.1 Å². The van der Waals surface area contributed by atoms with Crippen LogP contribution in [0.15, 0.2) is 48.5 Å². The zero-order valence-corrected chi connectivity index (χ0v) is 14.5. The van der Waals surface area contributed by atoms with E-state index < -0.39 is 29.9 Å². The van der Waals surface area contributed by atoms with Gasteiger partial charge in [-0.2, -0.15) is 0 Å². The number of hydrogen-bond donors (Lipinski definition) is 3. The van der Waals surface area contributed by atoms with E-state index in [0.29, 0.717) is 5.56 Å². The molecule has 8 nitrogen and oxygen atoms in total. The van der Waals surface area contributed by atoms with Gasteiger partial charge in [-0.25, -0.2) is 14.4 Å². The lowest BCUT2D eigenvalue weighted by Crippen LogP contribution is -2.45. The SMILES string of the molecule is O=C(O)C(=O)N[C@H](Cc1ccc(OC(=O)c2ccccc2Cl)cc1)C(=O)O. The molecule has 0 aliphatic carbocycles. The standard InChI is InChI=1S/C18H14ClNO7/c19-13-4-2-1-3-12(13)18(26)27-11-7-5-10(6-8-11)9-14(16(22)23)20-15(21)17(24)25/h1-8,14H,9H2,(H,20,21)(H,22,23)(H,24,25)/t14-/m1/s1. The van der Waals surface area contributed by atoms with Crippen molar-refractivity contribution in [3.63, 3.8) is 0 Å². The van der Waals surface area contributed by atoms with E-state index in [1.165, 1.54) is 30.3 Å². The number of carbonyl (C=O) groups excluding carboxylic acids is 2. The van der Waals surface area contributed by atoms with Crippen molar-refractivity contribution in [2.75, 3.05) is 0 Å². The van der Waals surface area contributed by atoms with Crippen molar-refractivity contribution in [3.8, 4) is 5.75 Å². The van der Waals surface area contributed by atoms with E-state index in [4.69, 9.17) is 26.6 Å². The molecular formula is C18H14ClNO7. The molecule has 0 aliphatic rings. The average molecular weight is 392 g/mol. The van der Waals surface area contributed by atoms with Crippen LogP contribution < -0.4 is 10.1 Å². The third kappa shape index (κ3) is 5.55. The molecule has 0 saturated heterocycles. The maximum atomic E-state index is 12.1. The largest absolute Gasteiger partial charge is 0.480 e. The monoisotopic (exact) mass is 391 g/mol. The fourth-order valence-electron chi connectivity index (χ4n) is 2.14. The number of ether oxygens (including phenoxy) is 1. The molecule has 0 aliphatic heterocycles. The number of amides is 1. The third-order valence-corrected chi connectivity index (χ3v) is 3.79. The number of rotatable bonds is 6. The zero-order chi connectivity index (χ0) is 20.0. The summed E-state index contributed by atoms with van der Waals surface area (Å²) in [7, 11) is 0. The Morgan fingerprint density at radius 3 is 2.19 bits per heavy atom. The van der Waals surface area contributed by atoms with Crippen molar-refractivity contribution in [2.45, 2.75) is 12.5 Å². The second-order valence-corrected chi connectivity index (χ2v) is 5.79. The summed E-state index contributed by atoms with van der Waals surface area (Å²) in [6.07, 6.45) is -0.146. The first-order valence-electron chi connectivity index (χ1n) is 7.60. The van der Waals surface area contributed by atoms with Gasteiger partial charge in [0.25, 0.3) is 0 Å². The predicted octanol–water partition coefficient (Wildman–Crippen LogP) is 1.76. The van der Waals surface area contributed by atoms with Crippen LogP contribution in [0.1, 0.15) is 15.9 Å². The van der Waals surface area contributed by atoms with Gasteiger partial charge in [0.15, 0.2) is 0 Å². The summed E-state index contributed by atoms with van der Waals surface area (Å²) in [6, 6.07) is 10.9. The third-order valence-electron chi connectivity index (χ3n) is 3.47. The first kappa shape index (κ1) is 19.9. The van der Waals surface area contributed by atoms with Crippen LogP contribution in [0.2, 0.25) is 5.02 Å². The summed E-state index contributed by atoms with van der Waals surface area (Å²) in [5, 5.41) is 19.8. The van der Waals surface area contributed by atoms with E-state index in [1.807, 2.05) is 5.32 Å². The van der Waals surface area contributed by atoms with Crippen LogP contribution >= 0.6 is 11.6 Å². The molecule has 2 rings (SSSR count). The second-order valence-electron chi connectivity index (χ2n) is 5.39. The molecule has 9 heteroatoms. The predicted molar refractivity (Wildman–Crippen MR) is 93.8 cm³/mol. The lowest BCUT2D eigenvalue weighted by Gasteiger charge is -2.13. The number of hydrogen-bond acceptors (Lipinski definition) is 5. The van der Waals surface area contributed by atoms with Crippen LogP contribution in [0, 0.1) is 0 Å². The second kappa shape index (κ2) is 8.81. The van der Waals surface area contributed by atoms with Crippen molar-refractivity contribution in [1.29, 1.82) is 0 Å². The smallest absolute Gasteiger partial charge is 0.394 e. The maximum Gasteiger partial charge on any atom is 0.394 e. The molecule has 2 aromatic rings. The normalized spacial score (nSPS) is 11.3. The molecule has 140 valence electrons. The van der Waals surface area contributed by atoms with Gasteiger partial charge in [0.2, 0.25) is 0 Å². The number of halogens is 1. The van der Waals surface area contributed by atoms with E-state index in [9.17, 15) is 19.2 Å². The highest BCUT2D eigenvalue weighted by atomic mass is 35.5. The van der Waals surface area contributed by atoms with Crippen molar-refractivity contribution in [3.05, 3.63) is 64.7 Å². The number of benzene rings is 2. The molecule has 3 N–H and O–H groups in total. The molecule has 0 spiro atoms. The van der Waals surface area contributed by atoms with Crippen molar-refractivity contribution in [2.24, 2.45) is 0 Å². The van der Waals surface area contributed by atoms with Crippen LogP contribution in [-0.2, 0) is 20.8 Å². The molecule has 0 heterocycles. The molecule has 0 bridgehead atoms. The first-order chi connectivity index (χ1) is 12.8. The van der Waals surface area contributed by atoms with Crippen LogP contribution in [0.5, 0.6) is 5.75 Å². The minimum Gasteiger partial charge on any atom is -0.480 e. The molecule has 27 heavy (non-hydrogen) atoms. The number of nitrogens with one attached hydrogen (secondary N) is 1. The molecular weight excluding hydrogens is 378 g/mol. The first-order valence-corrected chi connectivity index (χ1v) is 7.98. The van der Waals surface area contributed by atoms with Crippen molar-refractivity contribution in [1.82, 2.24) is 5.32 Å². The summed E-state index contributed by atoms with van der Waals surface area (Å²) >= 11 is 5.93. The fraction of sp³-hybridized carbons (Fsp3) is 0.111. The molecule has 0 radical (unpaired) electrons. The topological polar surface area (TPSA) is 130 Å². The summed E-state index contributed by atoms with van der Waals surface area (Å²) in [6.45, 7) is 0. The van der Waals surface area contributed by atoms with Gasteiger partial charge in [0.1, 0.15) is 11.8 Å². The number of carbonyl (C=O) groups is 4. The molecule has 0 unspecified atom stereocenters.